The second-order valence-corrected chi connectivity index (χ2v) is 5.68. The molecule has 112 valence electrons. The van der Waals surface area contributed by atoms with Crippen LogP contribution in [0.5, 0.6) is 5.75 Å². The molecule has 4 rings (SSSR count). The van der Waals surface area contributed by atoms with E-state index in [4.69, 9.17) is 9.84 Å². The lowest BCUT2D eigenvalue weighted by molar-refractivity contribution is -0.0365. The van der Waals surface area contributed by atoms with Gasteiger partial charge in [0.2, 0.25) is 0 Å². The molecule has 1 atom stereocenters. The number of nitrogens with zero attached hydrogens (tertiary/aromatic N) is 2. The predicted octanol–water partition coefficient (Wildman–Crippen LogP) is 4.11. The van der Waals surface area contributed by atoms with E-state index in [9.17, 15) is 5.11 Å². The fraction of sp³-hybridized carbons (Fsp3) is 0.278. The summed E-state index contributed by atoms with van der Waals surface area (Å²) in [6.07, 6.45) is 3.32. The fourth-order valence-electron chi connectivity index (χ4n) is 3.06. The van der Waals surface area contributed by atoms with Gasteiger partial charge in [0.25, 0.3) is 0 Å². The number of rotatable bonds is 2. The summed E-state index contributed by atoms with van der Waals surface area (Å²) in [4.78, 5) is 0. The number of phenols is 1. The third kappa shape index (κ3) is 2.25. The Morgan fingerprint density at radius 1 is 1.05 bits per heavy atom. The summed E-state index contributed by atoms with van der Waals surface area (Å²) >= 11 is 0. The Hall–Kier alpha value is -2.33. The van der Waals surface area contributed by atoms with Crippen molar-refractivity contribution in [2.24, 2.45) is 0 Å². The van der Waals surface area contributed by atoms with Gasteiger partial charge in [-0.05, 0) is 49.6 Å². The van der Waals surface area contributed by atoms with Crippen LogP contribution in [-0.2, 0) is 4.74 Å². The molecule has 0 spiro atoms. The van der Waals surface area contributed by atoms with Gasteiger partial charge in [0, 0.05) is 17.6 Å². The summed E-state index contributed by atoms with van der Waals surface area (Å²) in [5, 5.41) is 15.4. The maximum absolute atomic E-state index is 9.48. The summed E-state index contributed by atoms with van der Waals surface area (Å²) < 4.78 is 7.91. The monoisotopic (exact) mass is 294 g/mol. The highest BCUT2D eigenvalue weighted by atomic mass is 16.5. The van der Waals surface area contributed by atoms with Gasteiger partial charge in [-0.1, -0.05) is 18.2 Å². The van der Waals surface area contributed by atoms with E-state index in [2.05, 4.69) is 12.1 Å². The number of fused-ring (bicyclic) bond motifs is 1. The van der Waals surface area contributed by atoms with E-state index in [0.717, 1.165) is 41.6 Å². The second kappa shape index (κ2) is 5.46. The van der Waals surface area contributed by atoms with Crippen LogP contribution in [0.4, 0.5) is 0 Å². The van der Waals surface area contributed by atoms with Crippen LogP contribution >= 0.6 is 0 Å². The van der Waals surface area contributed by atoms with Gasteiger partial charge in [-0.2, -0.15) is 5.10 Å². The van der Waals surface area contributed by atoms with Crippen LogP contribution in [-0.4, -0.2) is 21.5 Å². The molecule has 1 aliphatic rings. The minimum absolute atomic E-state index is 0.0181. The molecule has 1 aliphatic heterocycles. The van der Waals surface area contributed by atoms with E-state index in [1.54, 1.807) is 12.1 Å². The van der Waals surface area contributed by atoms with Gasteiger partial charge in [0.1, 0.15) is 11.4 Å². The average Bonchev–Trinajstić information content (AvgIpc) is 2.96. The summed E-state index contributed by atoms with van der Waals surface area (Å²) in [6, 6.07) is 15.4. The quantitative estimate of drug-likeness (QED) is 0.773. The highest BCUT2D eigenvalue weighted by Gasteiger charge is 2.21. The molecule has 0 bridgehead atoms. The Morgan fingerprint density at radius 2 is 1.86 bits per heavy atom. The first kappa shape index (κ1) is 13.3. The van der Waals surface area contributed by atoms with E-state index < -0.39 is 0 Å². The van der Waals surface area contributed by atoms with Crippen LogP contribution in [0, 0.1) is 0 Å². The molecule has 0 aliphatic carbocycles. The highest BCUT2D eigenvalue weighted by Crippen LogP contribution is 2.33. The zero-order valence-corrected chi connectivity index (χ0v) is 12.3. The number of aromatic nitrogens is 2. The Kier molecular flexibility index (Phi) is 3.31. The third-order valence-corrected chi connectivity index (χ3v) is 4.18. The maximum Gasteiger partial charge on any atom is 0.150 e. The van der Waals surface area contributed by atoms with Gasteiger partial charge in [-0.15, -0.1) is 0 Å². The largest absolute Gasteiger partial charge is 0.508 e. The smallest absolute Gasteiger partial charge is 0.150 e. The normalized spacial score (nSPS) is 18.6. The minimum Gasteiger partial charge on any atom is -0.508 e. The lowest BCUT2D eigenvalue weighted by atomic mass is 10.1. The van der Waals surface area contributed by atoms with Crippen molar-refractivity contribution in [3.63, 3.8) is 0 Å². The fourth-order valence-corrected chi connectivity index (χ4v) is 3.06. The molecular formula is C18H18N2O2. The standard InChI is InChI=1S/C18H18N2O2/c21-14-10-8-13(9-11-14)18-15-5-1-2-6-16(15)20(19-18)17-7-3-4-12-22-17/h1-2,5-6,8-11,17,21H,3-4,7,12H2. The molecule has 1 saturated heterocycles. The van der Waals surface area contributed by atoms with Gasteiger partial charge in [-0.25, -0.2) is 4.68 Å². The first-order chi connectivity index (χ1) is 10.8. The maximum atomic E-state index is 9.48. The number of ether oxygens (including phenoxy) is 1. The molecule has 3 aromatic rings. The van der Waals surface area contributed by atoms with Crippen LogP contribution in [0.2, 0.25) is 0 Å². The summed E-state index contributed by atoms with van der Waals surface area (Å²) in [6.45, 7) is 0.799. The van der Waals surface area contributed by atoms with E-state index in [0.29, 0.717) is 0 Å². The van der Waals surface area contributed by atoms with Crippen LogP contribution in [0.1, 0.15) is 25.5 Å². The molecule has 2 heterocycles. The van der Waals surface area contributed by atoms with Gasteiger partial charge < -0.3 is 9.84 Å². The number of phenolic OH excluding ortho intramolecular Hbond substituents is 1. The number of aromatic hydroxyl groups is 1. The van der Waals surface area contributed by atoms with Crippen molar-refractivity contribution < 1.29 is 9.84 Å². The van der Waals surface area contributed by atoms with Gasteiger partial charge in [0.05, 0.1) is 5.52 Å². The van der Waals surface area contributed by atoms with E-state index in [1.165, 1.54) is 6.42 Å². The molecule has 1 unspecified atom stereocenters. The molecule has 0 amide bonds. The Balaban J connectivity index is 1.86. The first-order valence-electron chi connectivity index (χ1n) is 7.71. The molecule has 1 aromatic heterocycles. The van der Waals surface area contributed by atoms with Crippen molar-refractivity contribution in [3.8, 4) is 17.0 Å². The van der Waals surface area contributed by atoms with Gasteiger partial charge in [0.15, 0.2) is 6.23 Å². The lowest BCUT2D eigenvalue weighted by Crippen LogP contribution is -2.19. The SMILES string of the molecule is Oc1ccc(-c2nn(C3CCCCO3)c3ccccc23)cc1. The summed E-state index contributed by atoms with van der Waals surface area (Å²) in [5.74, 6) is 0.267. The first-order valence-corrected chi connectivity index (χ1v) is 7.71. The molecule has 4 heteroatoms. The van der Waals surface area contributed by atoms with E-state index in [1.807, 2.05) is 28.9 Å². The molecule has 0 saturated carbocycles. The zero-order valence-electron chi connectivity index (χ0n) is 12.3. The van der Waals surface area contributed by atoms with Crippen molar-refractivity contribution >= 4 is 10.9 Å². The van der Waals surface area contributed by atoms with Crippen molar-refractivity contribution in [2.75, 3.05) is 6.61 Å². The second-order valence-electron chi connectivity index (χ2n) is 5.68. The van der Waals surface area contributed by atoms with Crippen molar-refractivity contribution in [1.82, 2.24) is 9.78 Å². The topological polar surface area (TPSA) is 47.3 Å². The predicted molar refractivity (Wildman–Crippen MR) is 85.7 cm³/mol. The van der Waals surface area contributed by atoms with E-state index in [-0.39, 0.29) is 12.0 Å². The Labute approximate surface area is 129 Å². The highest BCUT2D eigenvalue weighted by molar-refractivity contribution is 5.93. The van der Waals surface area contributed by atoms with Crippen LogP contribution in [0.15, 0.2) is 48.5 Å². The number of para-hydroxylation sites is 1. The lowest BCUT2D eigenvalue weighted by Gasteiger charge is -2.23. The number of hydrogen-bond donors (Lipinski definition) is 1. The third-order valence-electron chi connectivity index (χ3n) is 4.18. The zero-order chi connectivity index (χ0) is 14.9. The van der Waals surface area contributed by atoms with Crippen molar-refractivity contribution in [2.45, 2.75) is 25.5 Å². The Morgan fingerprint density at radius 3 is 2.64 bits per heavy atom. The van der Waals surface area contributed by atoms with Crippen molar-refractivity contribution in [3.05, 3.63) is 48.5 Å². The van der Waals surface area contributed by atoms with Crippen LogP contribution < -0.4 is 0 Å². The molecule has 22 heavy (non-hydrogen) atoms. The molecule has 1 N–H and O–H groups in total. The van der Waals surface area contributed by atoms with Gasteiger partial charge in [-0.3, -0.25) is 0 Å². The molecule has 4 nitrogen and oxygen atoms in total. The number of benzene rings is 2. The average molecular weight is 294 g/mol. The van der Waals surface area contributed by atoms with Gasteiger partial charge >= 0.3 is 0 Å². The number of hydrogen-bond acceptors (Lipinski definition) is 3. The van der Waals surface area contributed by atoms with Crippen LogP contribution in [0.25, 0.3) is 22.2 Å². The summed E-state index contributed by atoms with van der Waals surface area (Å²) in [5.41, 5.74) is 3.03. The molecule has 2 aromatic carbocycles. The Bertz CT molecular complexity index is 786. The minimum atomic E-state index is 0.0181. The van der Waals surface area contributed by atoms with E-state index >= 15 is 0 Å². The van der Waals surface area contributed by atoms with Crippen LogP contribution in [0.3, 0.4) is 0 Å². The summed E-state index contributed by atoms with van der Waals surface area (Å²) in [7, 11) is 0. The van der Waals surface area contributed by atoms with Crippen molar-refractivity contribution in [1.29, 1.82) is 0 Å². The molecular weight excluding hydrogens is 276 g/mol. The molecule has 0 radical (unpaired) electrons. The molecule has 1 fully saturated rings.